The quantitative estimate of drug-likeness (QED) is 0.706. The van der Waals surface area contributed by atoms with Gasteiger partial charge in [-0.25, -0.2) is 0 Å². The maximum atomic E-state index is 4.60. The van der Waals surface area contributed by atoms with Gasteiger partial charge in [0, 0.05) is 17.3 Å². The van der Waals surface area contributed by atoms with Gasteiger partial charge in [-0.1, -0.05) is 25.1 Å². The average molecular weight is 211 g/mol. The van der Waals surface area contributed by atoms with E-state index in [0.717, 1.165) is 28.7 Å². The van der Waals surface area contributed by atoms with Gasteiger partial charge in [-0.3, -0.25) is 9.98 Å². The molecule has 0 aliphatic carbocycles. The van der Waals surface area contributed by atoms with Gasteiger partial charge < -0.3 is 0 Å². The minimum Gasteiger partial charge on any atom is -0.256 e. The predicted molar refractivity (Wildman–Crippen MR) is 69.1 cm³/mol. The number of aliphatic imine (C=N–C) groups is 1. The molecule has 2 heteroatoms. The lowest BCUT2D eigenvalue weighted by Crippen LogP contribution is -1.89. The first-order chi connectivity index (χ1) is 7.81. The molecule has 0 unspecified atom stereocenters. The van der Waals surface area contributed by atoms with E-state index in [1.807, 2.05) is 38.2 Å². The smallest absolute Gasteiger partial charge is 0.0958 e. The van der Waals surface area contributed by atoms with Gasteiger partial charge in [-0.15, -0.1) is 0 Å². The third-order valence-electron chi connectivity index (χ3n) is 2.42. The molecule has 0 saturated heterocycles. The molecule has 2 aromatic rings. The van der Waals surface area contributed by atoms with E-state index < -0.39 is 0 Å². The first-order valence-corrected chi connectivity index (χ1v) is 5.47. The van der Waals surface area contributed by atoms with Crippen molar-refractivity contribution in [2.45, 2.75) is 20.3 Å². The van der Waals surface area contributed by atoms with Crippen molar-refractivity contribution >= 4 is 22.3 Å². The molecule has 0 N–H and O–H groups in total. The summed E-state index contributed by atoms with van der Waals surface area (Å²) >= 11 is 0. The van der Waals surface area contributed by atoms with Crippen molar-refractivity contribution in [3.05, 3.63) is 42.9 Å². The number of benzene rings is 1. The van der Waals surface area contributed by atoms with E-state index in [1.54, 1.807) is 0 Å². The number of hydrogen-bond acceptors (Lipinski definition) is 2. The SMILES string of the molecule is C[CH]CC(C)=Nc1cccc2cccnc12. The van der Waals surface area contributed by atoms with Crippen LogP contribution in [-0.2, 0) is 0 Å². The van der Waals surface area contributed by atoms with Crippen molar-refractivity contribution in [3.63, 3.8) is 0 Å². The lowest BCUT2D eigenvalue weighted by molar-refractivity contribution is 1.24. The van der Waals surface area contributed by atoms with Gasteiger partial charge in [0.05, 0.1) is 11.2 Å². The Hall–Kier alpha value is -1.70. The molecule has 0 atom stereocenters. The molecule has 0 bridgehead atoms. The van der Waals surface area contributed by atoms with Crippen LogP contribution in [0.25, 0.3) is 10.9 Å². The number of nitrogens with zero attached hydrogens (tertiary/aromatic N) is 2. The van der Waals surface area contributed by atoms with Crippen LogP contribution in [0.1, 0.15) is 20.3 Å². The summed E-state index contributed by atoms with van der Waals surface area (Å²) in [5.74, 6) is 0. The van der Waals surface area contributed by atoms with Gasteiger partial charge in [-0.05, 0) is 31.9 Å². The molecule has 81 valence electrons. The third-order valence-corrected chi connectivity index (χ3v) is 2.42. The highest BCUT2D eigenvalue weighted by atomic mass is 14.8. The van der Waals surface area contributed by atoms with E-state index in [9.17, 15) is 0 Å². The van der Waals surface area contributed by atoms with Gasteiger partial charge in [0.1, 0.15) is 0 Å². The van der Waals surface area contributed by atoms with Crippen molar-refractivity contribution in [3.8, 4) is 0 Å². The van der Waals surface area contributed by atoms with E-state index in [-0.39, 0.29) is 0 Å². The highest BCUT2D eigenvalue weighted by Gasteiger charge is 2.00. The molecular weight excluding hydrogens is 196 g/mol. The molecule has 1 radical (unpaired) electrons. The Morgan fingerprint density at radius 3 is 2.94 bits per heavy atom. The summed E-state index contributed by atoms with van der Waals surface area (Å²) in [6, 6.07) is 10.1. The minimum atomic E-state index is 0.920. The summed E-state index contributed by atoms with van der Waals surface area (Å²) in [6.07, 6.45) is 4.84. The summed E-state index contributed by atoms with van der Waals surface area (Å²) < 4.78 is 0. The fourth-order valence-corrected chi connectivity index (χ4v) is 1.73. The van der Waals surface area contributed by atoms with E-state index in [2.05, 4.69) is 28.5 Å². The van der Waals surface area contributed by atoms with Crippen LogP contribution < -0.4 is 0 Å². The van der Waals surface area contributed by atoms with Gasteiger partial charge in [-0.2, -0.15) is 0 Å². The zero-order valence-electron chi connectivity index (χ0n) is 9.64. The molecule has 2 nitrogen and oxygen atoms in total. The van der Waals surface area contributed by atoms with Crippen LogP contribution in [0.5, 0.6) is 0 Å². The topological polar surface area (TPSA) is 25.2 Å². The van der Waals surface area contributed by atoms with Crippen LogP contribution in [0.2, 0.25) is 0 Å². The van der Waals surface area contributed by atoms with Crippen LogP contribution in [0.3, 0.4) is 0 Å². The van der Waals surface area contributed by atoms with Gasteiger partial charge in [0.15, 0.2) is 0 Å². The maximum absolute atomic E-state index is 4.60. The Labute approximate surface area is 96.1 Å². The first kappa shape index (κ1) is 10.8. The lowest BCUT2D eigenvalue weighted by Gasteiger charge is -2.02. The Kier molecular flexibility index (Phi) is 3.30. The minimum absolute atomic E-state index is 0.920. The molecule has 0 fully saturated rings. The van der Waals surface area contributed by atoms with Crippen LogP contribution in [-0.4, -0.2) is 10.7 Å². The number of hydrogen-bond donors (Lipinski definition) is 0. The van der Waals surface area contributed by atoms with Crippen LogP contribution in [0.4, 0.5) is 5.69 Å². The van der Waals surface area contributed by atoms with Crippen molar-refractivity contribution in [2.75, 3.05) is 0 Å². The molecule has 0 spiro atoms. The fourth-order valence-electron chi connectivity index (χ4n) is 1.73. The molecule has 0 saturated carbocycles. The van der Waals surface area contributed by atoms with E-state index in [0.29, 0.717) is 0 Å². The molecule has 1 heterocycles. The Morgan fingerprint density at radius 2 is 2.12 bits per heavy atom. The van der Waals surface area contributed by atoms with E-state index in [4.69, 9.17) is 0 Å². The number of aromatic nitrogens is 1. The normalized spacial score (nSPS) is 12.0. The summed E-state index contributed by atoms with van der Waals surface area (Å²) in [7, 11) is 0. The van der Waals surface area contributed by atoms with Crippen molar-refractivity contribution in [1.29, 1.82) is 0 Å². The Balaban J connectivity index is 2.48. The summed E-state index contributed by atoms with van der Waals surface area (Å²) in [6.45, 7) is 4.09. The van der Waals surface area contributed by atoms with Crippen molar-refractivity contribution < 1.29 is 0 Å². The number of fused-ring (bicyclic) bond motifs is 1. The van der Waals surface area contributed by atoms with Gasteiger partial charge in [0.2, 0.25) is 0 Å². The van der Waals surface area contributed by atoms with Crippen LogP contribution >= 0.6 is 0 Å². The molecule has 0 amide bonds. The molecular formula is C14H15N2. The molecule has 1 aromatic heterocycles. The van der Waals surface area contributed by atoms with E-state index >= 15 is 0 Å². The second-order valence-corrected chi connectivity index (χ2v) is 3.81. The van der Waals surface area contributed by atoms with Crippen molar-refractivity contribution in [1.82, 2.24) is 4.98 Å². The Morgan fingerprint density at radius 1 is 1.31 bits per heavy atom. The number of pyridine rings is 1. The van der Waals surface area contributed by atoms with E-state index in [1.165, 1.54) is 0 Å². The second-order valence-electron chi connectivity index (χ2n) is 3.81. The number of rotatable bonds is 3. The van der Waals surface area contributed by atoms with Crippen molar-refractivity contribution in [2.24, 2.45) is 4.99 Å². The third kappa shape index (κ3) is 2.27. The highest BCUT2D eigenvalue weighted by molar-refractivity contribution is 5.93. The van der Waals surface area contributed by atoms with Crippen LogP contribution in [0.15, 0.2) is 41.5 Å². The first-order valence-electron chi connectivity index (χ1n) is 5.47. The molecule has 0 aliphatic heterocycles. The number of para-hydroxylation sites is 1. The standard InChI is InChI=1S/C14H15N2/c1-3-6-11(2)16-13-9-4-7-12-8-5-10-15-14(12)13/h3-5,7-10H,6H2,1-2H3. The lowest BCUT2D eigenvalue weighted by atomic mass is 10.2. The molecule has 0 aliphatic rings. The zero-order valence-corrected chi connectivity index (χ0v) is 9.64. The summed E-state index contributed by atoms with van der Waals surface area (Å²) in [5.41, 5.74) is 3.04. The second kappa shape index (κ2) is 4.88. The maximum Gasteiger partial charge on any atom is 0.0958 e. The average Bonchev–Trinajstić information content (AvgIpc) is 2.30. The zero-order chi connectivity index (χ0) is 11.4. The van der Waals surface area contributed by atoms with Gasteiger partial charge in [0.25, 0.3) is 0 Å². The van der Waals surface area contributed by atoms with Crippen LogP contribution in [0, 0.1) is 6.42 Å². The predicted octanol–water partition coefficient (Wildman–Crippen LogP) is 3.94. The fraction of sp³-hybridized carbons (Fsp3) is 0.214. The molecule has 16 heavy (non-hydrogen) atoms. The molecule has 2 rings (SSSR count). The Bertz CT molecular complexity index is 510. The van der Waals surface area contributed by atoms with Gasteiger partial charge >= 0.3 is 0 Å². The molecule has 1 aromatic carbocycles. The summed E-state index contributed by atoms with van der Waals surface area (Å²) in [5, 5.41) is 1.14. The monoisotopic (exact) mass is 211 g/mol. The summed E-state index contributed by atoms with van der Waals surface area (Å²) in [4.78, 5) is 8.98. The highest BCUT2D eigenvalue weighted by Crippen LogP contribution is 2.23. The largest absolute Gasteiger partial charge is 0.256 e.